The summed E-state index contributed by atoms with van der Waals surface area (Å²) in [5.74, 6) is 0. The Balaban J connectivity index is 0.000000555. The van der Waals surface area contributed by atoms with E-state index in [-0.39, 0.29) is 16.4 Å². The Morgan fingerprint density at radius 3 is 1.69 bits per heavy atom. The first-order chi connectivity index (χ1) is 14.4. The Morgan fingerprint density at radius 1 is 0.812 bits per heavy atom. The Bertz CT molecular complexity index is 898. The summed E-state index contributed by atoms with van der Waals surface area (Å²) in [6, 6.07) is 11.9. The van der Waals surface area contributed by atoms with Gasteiger partial charge in [-0.1, -0.05) is 111 Å². The standard InChI is InChI=1S/C23H31Si.C4H10N.2ClH.Ti/c1-22(2,3)16-9-10-17-15(13-16)14-19-18(17)11-12-20(23(4,5)6)21(19)24(7)8;1-4(2,3)5;;;/h9-13H,14H2,1-8H3;5H,1-3H3;2*1H;/q;-1;;;+2/p-2. The van der Waals surface area contributed by atoms with Gasteiger partial charge in [0.15, 0.2) is 0 Å². The van der Waals surface area contributed by atoms with Gasteiger partial charge in [-0.2, -0.15) is 0 Å². The van der Waals surface area contributed by atoms with E-state index in [4.69, 9.17) is 24.3 Å². The van der Waals surface area contributed by atoms with E-state index >= 15 is 0 Å². The second kappa shape index (κ2) is 11.6. The van der Waals surface area contributed by atoms with Crippen LogP contribution in [0.25, 0.3) is 16.9 Å². The maximum absolute atomic E-state index is 6.94. The molecule has 2 aromatic rings. The van der Waals surface area contributed by atoms with Crippen LogP contribution >= 0.6 is 18.6 Å². The molecule has 0 spiro atoms. The molecule has 5 heteroatoms. The molecule has 0 aliphatic heterocycles. The van der Waals surface area contributed by atoms with Gasteiger partial charge in [-0.3, -0.25) is 0 Å². The molecule has 0 aromatic heterocycles. The number of fused-ring (bicyclic) bond motifs is 3. The molecule has 32 heavy (non-hydrogen) atoms. The van der Waals surface area contributed by atoms with Crippen molar-refractivity contribution in [3.8, 4) is 11.1 Å². The monoisotopic (exact) mass is 525 g/mol. The number of hydrogen-bond donors (Lipinski definition) is 0. The molecule has 177 valence electrons. The fourth-order valence-electron chi connectivity index (χ4n) is 3.94. The number of halogens is 2. The maximum atomic E-state index is 6.94. The van der Waals surface area contributed by atoms with Crippen LogP contribution in [0.3, 0.4) is 0 Å². The molecule has 1 N–H and O–H groups in total. The van der Waals surface area contributed by atoms with Crippen molar-refractivity contribution in [2.45, 2.75) is 98.2 Å². The summed E-state index contributed by atoms with van der Waals surface area (Å²) in [7, 11) is 9.27. The zero-order chi connectivity index (χ0) is 25.1. The van der Waals surface area contributed by atoms with E-state index in [1.807, 2.05) is 20.8 Å². The molecular weight excluding hydrogens is 485 g/mol. The summed E-state index contributed by atoms with van der Waals surface area (Å²) in [5.41, 5.74) is 16.2. The van der Waals surface area contributed by atoms with Gasteiger partial charge in [0.25, 0.3) is 0 Å². The average molecular weight is 526 g/mol. The number of hydrogen-bond acceptors (Lipinski definition) is 0. The van der Waals surface area contributed by atoms with Gasteiger partial charge in [0.2, 0.25) is 0 Å². The van der Waals surface area contributed by atoms with Crippen molar-refractivity contribution in [2.24, 2.45) is 0 Å². The van der Waals surface area contributed by atoms with Gasteiger partial charge in [-0.05, 0) is 50.6 Å². The van der Waals surface area contributed by atoms with E-state index in [1.165, 1.54) is 22.3 Å². The predicted molar refractivity (Wildman–Crippen MR) is 145 cm³/mol. The molecule has 1 nitrogen and oxygen atoms in total. The second-order valence-electron chi connectivity index (χ2n) is 11.9. The fourth-order valence-corrected chi connectivity index (χ4v) is 5.76. The molecule has 2 aromatic carbocycles. The van der Waals surface area contributed by atoms with Crippen LogP contribution in [0.1, 0.15) is 84.6 Å². The van der Waals surface area contributed by atoms with Gasteiger partial charge in [-0.25, -0.2) is 0 Å². The summed E-state index contributed by atoms with van der Waals surface area (Å²) in [6.45, 7) is 24.4. The van der Waals surface area contributed by atoms with Crippen LogP contribution in [-0.4, -0.2) is 14.3 Å². The summed E-state index contributed by atoms with van der Waals surface area (Å²) >= 11 is -0.556. The molecule has 0 heterocycles. The van der Waals surface area contributed by atoms with E-state index in [1.54, 1.807) is 16.3 Å². The molecule has 1 radical (unpaired) electrons. The van der Waals surface area contributed by atoms with Crippen LogP contribution in [-0.2, 0) is 34.3 Å². The molecule has 3 rings (SSSR count). The number of benzene rings is 2. The number of nitrogens with one attached hydrogen (secondary N) is 1. The predicted octanol–water partition coefficient (Wildman–Crippen LogP) is 9.03. The third kappa shape index (κ3) is 8.60. The third-order valence-electron chi connectivity index (χ3n) is 5.25. The molecule has 0 amide bonds. The molecule has 1 aliphatic carbocycles. The normalized spacial score (nSPS) is 12.8. The van der Waals surface area contributed by atoms with E-state index in [9.17, 15) is 0 Å². The van der Waals surface area contributed by atoms with E-state index in [0.717, 1.165) is 6.42 Å². The summed E-state index contributed by atoms with van der Waals surface area (Å²) in [6.07, 6.45) is 1.11. The van der Waals surface area contributed by atoms with Crippen LogP contribution in [0.2, 0.25) is 13.1 Å². The minimum atomic E-state index is -0.556. The molecule has 0 atom stereocenters. The Morgan fingerprint density at radius 2 is 1.28 bits per heavy atom. The summed E-state index contributed by atoms with van der Waals surface area (Å²) in [5, 5.41) is 1.68. The third-order valence-corrected chi connectivity index (χ3v) is 6.82. The molecule has 0 fully saturated rings. The van der Waals surface area contributed by atoms with Gasteiger partial charge < -0.3 is 5.73 Å². The first kappa shape index (κ1) is 29.9. The van der Waals surface area contributed by atoms with Crippen LogP contribution in [0, 0.1) is 0 Å². The van der Waals surface area contributed by atoms with Crippen molar-refractivity contribution in [3.05, 3.63) is 58.3 Å². The van der Waals surface area contributed by atoms with Gasteiger partial charge in [0, 0.05) is 0 Å². The van der Waals surface area contributed by atoms with Crippen molar-refractivity contribution < 1.29 is 17.0 Å². The molecule has 1 aliphatic rings. The fraction of sp³-hybridized carbons (Fsp3) is 0.556. The zero-order valence-corrected chi connectivity index (χ0v) is 25.9. The van der Waals surface area contributed by atoms with Crippen LogP contribution in [0.4, 0.5) is 0 Å². The average Bonchev–Trinajstić information content (AvgIpc) is 2.96. The first-order valence-corrected chi connectivity index (χ1v) is 18.0. The van der Waals surface area contributed by atoms with Crippen molar-refractivity contribution in [2.75, 3.05) is 0 Å². The second-order valence-corrected chi connectivity index (χ2v) is 17.0. The van der Waals surface area contributed by atoms with Crippen LogP contribution in [0.15, 0.2) is 30.3 Å². The quantitative estimate of drug-likeness (QED) is 0.283. The minimum absolute atomic E-state index is 0.216. The van der Waals surface area contributed by atoms with Gasteiger partial charge >= 0.3 is 35.6 Å². The summed E-state index contributed by atoms with van der Waals surface area (Å²) in [4.78, 5) is 0. The first-order valence-electron chi connectivity index (χ1n) is 11.2. The van der Waals surface area contributed by atoms with Crippen molar-refractivity contribution in [3.63, 3.8) is 0 Å². The summed E-state index contributed by atoms with van der Waals surface area (Å²) < 4.78 is 0. The number of rotatable bonds is 1. The SMILES string of the molecule is CC(C)(C)[NH-].C[Si](C)c1c(C(C)(C)C)ccc2c1Cc1cc(C(C)(C)C)ccc1-2.[Cl][Ti][Cl]. The van der Waals surface area contributed by atoms with Crippen molar-refractivity contribution >= 4 is 32.6 Å². The topological polar surface area (TPSA) is 23.8 Å². The van der Waals surface area contributed by atoms with Gasteiger partial charge in [-0.15, -0.1) is 5.54 Å². The Kier molecular flexibility index (Phi) is 10.8. The zero-order valence-electron chi connectivity index (χ0n) is 21.8. The van der Waals surface area contributed by atoms with Crippen LogP contribution < -0.4 is 5.19 Å². The molecule has 0 saturated carbocycles. The Hall–Kier alpha value is -0.0888. The molecular formula is C27H41Cl2NSiTi-. The van der Waals surface area contributed by atoms with E-state index in [2.05, 4.69) is 85.0 Å². The molecule has 0 saturated heterocycles. The van der Waals surface area contributed by atoms with Crippen molar-refractivity contribution in [1.82, 2.24) is 0 Å². The molecule has 0 unspecified atom stereocenters. The Labute approximate surface area is 216 Å². The van der Waals surface area contributed by atoms with Gasteiger partial charge in [0.1, 0.15) is 0 Å². The van der Waals surface area contributed by atoms with E-state index < -0.39 is 25.8 Å². The van der Waals surface area contributed by atoms with Crippen LogP contribution in [0.5, 0.6) is 0 Å². The molecule has 0 bridgehead atoms. The van der Waals surface area contributed by atoms with Gasteiger partial charge in [0.05, 0.1) is 8.80 Å². The van der Waals surface area contributed by atoms with Crippen molar-refractivity contribution in [1.29, 1.82) is 0 Å². The van der Waals surface area contributed by atoms with E-state index in [0.29, 0.717) is 0 Å².